The minimum atomic E-state index is -5.08. The van der Waals surface area contributed by atoms with Gasteiger partial charge in [0.15, 0.2) is 0 Å². The molecule has 0 saturated heterocycles. The van der Waals surface area contributed by atoms with Crippen LogP contribution in [0.25, 0.3) is 0 Å². The first-order chi connectivity index (χ1) is 19.3. The van der Waals surface area contributed by atoms with E-state index in [4.69, 9.17) is 21.1 Å². The van der Waals surface area contributed by atoms with Crippen LogP contribution in [0.4, 0.5) is 32.0 Å². The zero-order chi connectivity index (χ0) is 31.6. The molecule has 42 heavy (non-hydrogen) atoms. The first kappa shape index (κ1) is 32.9. The van der Waals surface area contributed by atoms with Gasteiger partial charge < -0.3 is 19.3 Å². The van der Waals surface area contributed by atoms with Crippen molar-refractivity contribution in [1.82, 2.24) is 14.9 Å². The molecule has 0 aliphatic heterocycles. The van der Waals surface area contributed by atoms with E-state index >= 15 is 0 Å². The summed E-state index contributed by atoms with van der Waals surface area (Å²) in [5, 5.41) is 0.212. The largest absolute Gasteiger partial charge is 0.462 e. The van der Waals surface area contributed by atoms with Crippen molar-refractivity contribution in [3.8, 4) is 17.6 Å². The van der Waals surface area contributed by atoms with Gasteiger partial charge in [0, 0.05) is 13.1 Å². The van der Waals surface area contributed by atoms with Gasteiger partial charge in [-0.25, -0.2) is 4.98 Å². The number of hydrogen-bond acceptors (Lipinski definition) is 6. The average Bonchev–Trinajstić information content (AvgIpc) is 2.91. The van der Waals surface area contributed by atoms with E-state index in [0.29, 0.717) is 12.1 Å². The number of anilines is 1. The molecule has 7 nitrogen and oxygen atoms in total. The van der Waals surface area contributed by atoms with Crippen LogP contribution in [0, 0.1) is 0 Å². The third-order valence-electron chi connectivity index (χ3n) is 6.60. The van der Waals surface area contributed by atoms with Crippen molar-refractivity contribution in [3.63, 3.8) is 0 Å². The van der Waals surface area contributed by atoms with Crippen LogP contribution < -0.4 is 14.4 Å². The molecule has 0 fully saturated rings. The summed E-state index contributed by atoms with van der Waals surface area (Å²) in [4.78, 5) is 25.0. The molecule has 1 aromatic heterocycles. The summed E-state index contributed by atoms with van der Waals surface area (Å²) in [5.74, 6) is -0.880. The molecule has 0 aliphatic carbocycles. The first-order valence-corrected chi connectivity index (χ1v) is 12.9. The predicted molar refractivity (Wildman–Crippen MR) is 145 cm³/mol. The van der Waals surface area contributed by atoms with Crippen molar-refractivity contribution in [3.05, 3.63) is 70.4 Å². The number of amides is 1. The maximum Gasteiger partial charge on any atom is 0.416 e. The van der Waals surface area contributed by atoms with Crippen LogP contribution in [0.3, 0.4) is 0 Å². The first-order valence-electron chi connectivity index (χ1n) is 12.5. The van der Waals surface area contributed by atoms with E-state index in [1.165, 1.54) is 33.2 Å². The number of benzene rings is 2. The highest BCUT2D eigenvalue weighted by atomic mass is 35.5. The van der Waals surface area contributed by atoms with Crippen LogP contribution in [-0.2, 0) is 22.6 Å². The van der Waals surface area contributed by atoms with Crippen LogP contribution in [0.5, 0.6) is 17.6 Å². The number of hydrogen-bond donors (Lipinski definition) is 0. The lowest BCUT2D eigenvalue weighted by Gasteiger charge is -2.31. The molecule has 0 aliphatic rings. The van der Waals surface area contributed by atoms with E-state index in [9.17, 15) is 31.1 Å². The smallest absolute Gasteiger partial charge is 0.416 e. The average molecular weight is 619 g/mol. The molecule has 1 amide bonds. The second-order valence-electron chi connectivity index (χ2n) is 10.3. The van der Waals surface area contributed by atoms with Gasteiger partial charge >= 0.3 is 18.4 Å². The highest BCUT2D eigenvalue weighted by Crippen LogP contribution is 2.41. The molecule has 0 N–H and O–H groups in total. The highest BCUT2D eigenvalue weighted by molar-refractivity contribution is 6.32. The van der Waals surface area contributed by atoms with Gasteiger partial charge in [-0.1, -0.05) is 23.7 Å². The van der Waals surface area contributed by atoms with Crippen molar-refractivity contribution in [1.29, 1.82) is 0 Å². The van der Waals surface area contributed by atoms with Crippen LogP contribution in [-0.4, -0.2) is 54.6 Å². The molecular weight excluding hydrogens is 590 g/mol. The number of aromatic nitrogens is 2. The Morgan fingerprint density at radius 1 is 0.952 bits per heavy atom. The minimum absolute atomic E-state index is 0.00698. The van der Waals surface area contributed by atoms with E-state index in [2.05, 4.69) is 9.97 Å². The number of nitrogens with zero attached hydrogens (tertiary/aromatic N) is 4. The molecule has 1 heterocycles. The minimum Gasteiger partial charge on any atom is -0.462 e. The van der Waals surface area contributed by atoms with Crippen LogP contribution in [0.2, 0.25) is 5.02 Å². The van der Waals surface area contributed by atoms with Crippen LogP contribution in [0.15, 0.2) is 48.7 Å². The van der Waals surface area contributed by atoms with E-state index in [-0.39, 0.29) is 47.1 Å². The predicted octanol–water partition coefficient (Wildman–Crippen LogP) is 7.23. The number of para-hydroxylation sites is 1. The van der Waals surface area contributed by atoms with Gasteiger partial charge in [-0.15, -0.1) is 0 Å². The van der Waals surface area contributed by atoms with Gasteiger partial charge in [0.1, 0.15) is 18.0 Å². The topological polar surface area (TPSA) is 67.8 Å². The van der Waals surface area contributed by atoms with E-state index in [0.717, 1.165) is 4.90 Å². The summed E-state index contributed by atoms with van der Waals surface area (Å²) in [7, 11) is 4.98. The maximum absolute atomic E-state index is 13.7. The Kier molecular flexibility index (Phi) is 9.68. The van der Waals surface area contributed by atoms with E-state index in [1.807, 2.05) is 25.9 Å². The van der Waals surface area contributed by atoms with Crippen molar-refractivity contribution in [2.75, 3.05) is 32.6 Å². The summed E-state index contributed by atoms with van der Waals surface area (Å²) in [6.07, 6.45) is -8.95. The summed E-state index contributed by atoms with van der Waals surface area (Å²) < 4.78 is 92.6. The number of carbonyl (C=O) groups excluding carboxylic acids is 1. The summed E-state index contributed by atoms with van der Waals surface area (Å²) in [6.45, 7) is 4.55. The lowest BCUT2D eigenvalue weighted by atomic mass is 9.81. The quantitative estimate of drug-likeness (QED) is 0.236. The van der Waals surface area contributed by atoms with Crippen molar-refractivity contribution in [2.24, 2.45) is 0 Å². The Morgan fingerprint density at radius 3 is 2.02 bits per heavy atom. The van der Waals surface area contributed by atoms with Crippen molar-refractivity contribution in [2.45, 2.75) is 44.6 Å². The fourth-order valence-electron chi connectivity index (χ4n) is 3.66. The molecular formula is C28H29ClF6N4O3. The van der Waals surface area contributed by atoms with Crippen molar-refractivity contribution >= 4 is 23.2 Å². The number of halogens is 7. The SMILES string of the molecule is CC(COc1ncc(N(C)C(=O)C(C)(C)c2cc(C(F)(F)F)cc(C(F)(F)F)c2)c(Oc2ccccc2Cl)n1)N(C)C. The second kappa shape index (κ2) is 12.3. The highest BCUT2D eigenvalue weighted by Gasteiger charge is 2.41. The Labute approximate surface area is 244 Å². The number of alkyl halides is 6. The molecule has 0 radical (unpaired) electrons. The molecule has 0 bridgehead atoms. The monoisotopic (exact) mass is 618 g/mol. The van der Waals surface area contributed by atoms with Crippen molar-refractivity contribution < 1.29 is 40.6 Å². The van der Waals surface area contributed by atoms with Gasteiger partial charge in [-0.2, -0.15) is 31.3 Å². The molecule has 2 aromatic carbocycles. The Bertz CT molecular complexity index is 1400. The summed E-state index contributed by atoms with van der Waals surface area (Å²) >= 11 is 6.23. The fourth-order valence-corrected chi connectivity index (χ4v) is 3.84. The number of rotatable bonds is 9. The number of ether oxygens (including phenoxy) is 2. The molecule has 3 aromatic rings. The molecule has 1 unspecified atom stereocenters. The molecule has 0 saturated carbocycles. The van der Waals surface area contributed by atoms with Crippen LogP contribution in [0.1, 0.15) is 37.5 Å². The Hall–Kier alpha value is -3.58. The van der Waals surface area contributed by atoms with Gasteiger partial charge in [0.25, 0.3) is 0 Å². The van der Waals surface area contributed by atoms with Crippen LogP contribution >= 0.6 is 11.6 Å². The third-order valence-corrected chi connectivity index (χ3v) is 6.91. The lowest BCUT2D eigenvalue weighted by molar-refractivity contribution is -0.143. The Morgan fingerprint density at radius 2 is 1.50 bits per heavy atom. The lowest BCUT2D eigenvalue weighted by Crippen LogP contribution is -2.42. The maximum atomic E-state index is 13.7. The zero-order valence-corrected chi connectivity index (χ0v) is 24.3. The summed E-state index contributed by atoms with van der Waals surface area (Å²) in [6, 6.07) is 7.35. The third kappa shape index (κ3) is 7.62. The van der Waals surface area contributed by atoms with Gasteiger partial charge in [0.05, 0.1) is 27.8 Å². The number of carbonyl (C=O) groups is 1. The van der Waals surface area contributed by atoms with Gasteiger partial charge in [0.2, 0.25) is 11.8 Å². The van der Waals surface area contributed by atoms with Gasteiger partial charge in [-0.3, -0.25) is 4.79 Å². The number of likely N-dealkylation sites (N-methyl/N-ethyl adjacent to an activating group) is 2. The molecule has 3 rings (SSSR count). The second-order valence-corrected chi connectivity index (χ2v) is 10.7. The zero-order valence-electron chi connectivity index (χ0n) is 23.6. The van der Waals surface area contributed by atoms with Gasteiger partial charge in [-0.05, 0) is 70.8 Å². The normalized spacial score (nSPS) is 13.2. The van der Waals surface area contributed by atoms with E-state index < -0.39 is 40.4 Å². The fraction of sp³-hybridized carbons (Fsp3) is 0.393. The molecule has 228 valence electrons. The van der Waals surface area contributed by atoms with E-state index in [1.54, 1.807) is 18.2 Å². The summed E-state index contributed by atoms with van der Waals surface area (Å²) in [5.41, 5.74) is -5.46. The Balaban J connectivity index is 2.06. The molecule has 14 heteroatoms. The standard InChI is InChI=1S/C28H29ClF6N4O3/c1-16(38(4)5)15-41-25-36-14-21(23(37-25)42-22-10-8-7-9-20(22)29)39(6)24(40)26(2,3)17-11-18(27(30,31)32)13-19(12-17)28(33,34)35/h7-14,16H,15H2,1-6H3. The molecule has 1 atom stereocenters. The molecule has 0 spiro atoms.